The minimum atomic E-state index is -2.15. The molecule has 0 saturated carbocycles. The summed E-state index contributed by atoms with van der Waals surface area (Å²) >= 11 is -2.15. The molecule has 0 aromatic heterocycles. The first-order valence-corrected chi connectivity index (χ1v) is 4.73. The van der Waals surface area contributed by atoms with Crippen LogP contribution in [0.4, 0.5) is 4.39 Å². The molecule has 0 amide bonds. The Balaban J connectivity index is 2.85. The van der Waals surface area contributed by atoms with Crippen LogP contribution in [-0.4, -0.2) is 22.0 Å². The highest BCUT2D eigenvalue weighted by atomic mass is 32.2. The maximum absolute atomic E-state index is 11.5. The molecule has 1 atom stereocenters. The van der Waals surface area contributed by atoms with Gasteiger partial charge < -0.3 is 4.55 Å². The molecular weight excluding hydrogens is 169 g/mol. The molecule has 0 heterocycles. The fourth-order valence-electron chi connectivity index (χ4n) is 0.729. The van der Waals surface area contributed by atoms with Crippen molar-refractivity contribution in [1.29, 1.82) is 0 Å². The van der Waals surface area contributed by atoms with E-state index in [2.05, 4.69) is 4.72 Å². The number of hydrogen-bond donors (Lipinski definition) is 1. The van der Waals surface area contributed by atoms with Gasteiger partial charge in [-0.15, -0.1) is 0 Å². The third kappa shape index (κ3) is 10.0. The molecule has 0 bridgehead atoms. The molecule has 11 heavy (non-hydrogen) atoms. The van der Waals surface area contributed by atoms with Crippen LogP contribution in [-0.2, 0) is 11.3 Å². The Bertz CT molecular complexity index is 113. The maximum Gasteiger partial charge on any atom is 0.0894 e. The van der Waals surface area contributed by atoms with Crippen LogP contribution in [0.3, 0.4) is 0 Å². The Kier molecular flexibility index (Phi) is 8.10. The zero-order valence-electron chi connectivity index (χ0n) is 6.35. The van der Waals surface area contributed by atoms with Crippen LogP contribution in [0.25, 0.3) is 0 Å². The molecule has 0 aliphatic heterocycles. The summed E-state index contributed by atoms with van der Waals surface area (Å²) in [5.41, 5.74) is 0. The van der Waals surface area contributed by atoms with E-state index in [-0.39, 0.29) is 6.67 Å². The zero-order chi connectivity index (χ0) is 8.53. The SMILES string of the molecule is O=S([O-])NCCCCCCF. The van der Waals surface area contributed by atoms with Gasteiger partial charge in [-0.05, 0) is 12.8 Å². The number of halogens is 1. The van der Waals surface area contributed by atoms with Gasteiger partial charge in [-0.25, -0.2) is 4.72 Å². The van der Waals surface area contributed by atoms with Crippen molar-refractivity contribution in [3.05, 3.63) is 0 Å². The fraction of sp³-hybridized carbons (Fsp3) is 1.00. The van der Waals surface area contributed by atoms with Crippen LogP contribution in [0.5, 0.6) is 0 Å². The number of unbranched alkanes of at least 4 members (excludes halogenated alkanes) is 3. The first-order valence-electron chi connectivity index (χ1n) is 3.66. The summed E-state index contributed by atoms with van der Waals surface area (Å²) in [6, 6.07) is 0. The van der Waals surface area contributed by atoms with Crippen molar-refractivity contribution < 1.29 is 13.2 Å². The fourth-order valence-corrected chi connectivity index (χ4v) is 1.04. The molecule has 1 unspecified atom stereocenters. The van der Waals surface area contributed by atoms with E-state index in [0.717, 1.165) is 19.3 Å². The molecular formula is C6H13FNO2S-. The van der Waals surface area contributed by atoms with Gasteiger partial charge >= 0.3 is 0 Å². The van der Waals surface area contributed by atoms with Crippen molar-refractivity contribution in [1.82, 2.24) is 4.72 Å². The van der Waals surface area contributed by atoms with Crippen molar-refractivity contribution in [3.63, 3.8) is 0 Å². The van der Waals surface area contributed by atoms with Gasteiger partial charge in [0, 0.05) is 17.8 Å². The third-order valence-corrected chi connectivity index (χ3v) is 1.72. The summed E-state index contributed by atoms with van der Waals surface area (Å²) < 4.78 is 33.6. The number of alkyl halides is 1. The Hall–Kier alpha value is -0.0000000000000000555. The predicted molar refractivity (Wildman–Crippen MR) is 41.4 cm³/mol. The van der Waals surface area contributed by atoms with Crippen LogP contribution >= 0.6 is 0 Å². The lowest BCUT2D eigenvalue weighted by atomic mass is 10.2. The number of nitrogens with one attached hydrogen (secondary N) is 1. The van der Waals surface area contributed by atoms with Crippen molar-refractivity contribution in [2.75, 3.05) is 13.2 Å². The first-order chi connectivity index (χ1) is 5.27. The van der Waals surface area contributed by atoms with Crippen molar-refractivity contribution in [2.24, 2.45) is 0 Å². The van der Waals surface area contributed by atoms with E-state index in [9.17, 15) is 13.2 Å². The van der Waals surface area contributed by atoms with Gasteiger partial charge in [0.15, 0.2) is 0 Å². The van der Waals surface area contributed by atoms with Gasteiger partial charge in [-0.2, -0.15) is 0 Å². The largest absolute Gasteiger partial charge is 0.760 e. The average molecular weight is 182 g/mol. The molecule has 0 aliphatic rings. The first kappa shape index (κ1) is 11.0. The molecule has 0 saturated heterocycles. The molecule has 3 nitrogen and oxygen atoms in total. The quantitative estimate of drug-likeness (QED) is 0.470. The molecule has 0 aromatic rings. The normalized spacial score (nSPS) is 13.3. The zero-order valence-corrected chi connectivity index (χ0v) is 7.16. The van der Waals surface area contributed by atoms with E-state index in [1.54, 1.807) is 0 Å². The van der Waals surface area contributed by atoms with Gasteiger partial charge in [0.25, 0.3) is 0 Å². The minimum absolute atomic E-state index is 0.277. The van der Waals surface area contributed by atoms with Gasteiger partial charge in [-0.1, -0.05) is 12.8 Å². The summed E-state index contributed by atoms with van der Waals surface area (Å²) in [5.74, 6) is 0. The lowest BCUT2D eigenvalue weighted by Crippen LogP contribution is -2.17. The van der Waals surface area contributed by atoms with Crippen LogP contribution in [0, 0.1) is 0 Å². The summed E-state index contributed by atoms with van der Waals surface area (Å²) in [6.07, 6.45) is 3.09. The van der Waals surface area contributed by atoms with Gasteiger partial charge in [0.05, 0.1) is 6.67 Å². The predicted octanol–water partition coefficient (Wildman–Crippen LogP) is 0.900. The summed E-state index contributed by atoms with van der Waals surface area (Å²) in [6.45, 7) is 0.184. The maximum atomic E-state index is 11.5. The third-order valence-electron chi connectivity index (χ3n) is 1.28. The van der Waals surface area contributed by atoms with Gasteiger partial charge in [0.1, 0.15) is 0 Å². The molecule has 0 fully saturated rings. The summed E-state index contributed by atoms with van der Waals surface area (Å²) in [7, 11) is 0. The second kappa shape index (κ2) is 8.10. The smallest absolute Gasteiger partial charge is 0.0894 e. The van der Waals surface area contributed by atoms with Gasteiger partial charge in [-0.3, -0.25) is 8.60 Å². The molecule has 0 radical (unpaired) electrons. The molecule has 0 spiro atoms. The van der Waals surface area contributed by atoms with Gasteiger partial charge in [0.2, 0.25) is 0 Å². The minimum Gasteiger partial charge on any atom is -0.760 e. The van der Waals surface area contributed by atoms with Crippen LogP contribution in [0.1, 0.15) is 25.7 Å². The highest BCUT2D eigenvalue weighted by Crippen LogP contribution is 1.98. The van der Waals surface area contributed by atoms with Crippen LogP contribution in [0.15, 0.2) is 0 Å². The number of hydrogen-bond acceptors (Lipinski definition) is 2. The van der Waals surface area contributed by atoms with E-state index < -0.39 is 11.3 Å². The monoisotopic (exact) mass is 182 g/mol. The van der Waals surface area contributed by atoms with E-state index in [1.807, 2.05) is 0 Å². The molecule has 1 N–H and O–H groups in total. The highest BCUT2D eigenvalue weighted by molar-refractivity contribution is 7.77. The molecule has 0 aliphatic carbocycles. The lowest BCUT2D eigenvalue weighted by Gasteiger charge is -2.05. The van der Waals surface area contributed by atoms with Crippen molar-refractivity contribution >= 4 is 11.3 Å². The second-order valence-electron chi connectivity index (χ2n) is 2.23. The Morgan fingerprint density at radius 3 is 2.45 bits per heavy atom. The Morgan fingerprint density at radius 1 is 1.27 bits per heavy atom. The molecule has 0 aromatic carbocycles. The topological polar surface area (TPSA) is 52.2 Å². The average Bonchev–Trinajstić information content (AvgIpc) is 1.96. The number of rotatable bonds is 7. The van der Waals surface area contributed by atoms with E-state index in [1.165, 1.54) is 0 Å². The van der Waals surface area contributed by atoms with Crippen molar-refractivity contribution in [2.45, 2.75) is 25.7 Å². The standard InChI is InChI=1S/C6H14FNO2S/c7-5-3-1-2-4-6-8-11(9)10/h8H,1-6H2,(H,9,10)/p-1. The molecule has 0 rings (SSSR count). The van der Waals surface area contributed by atoms with E-state index in [4.69, 9.17) is 0 Å². The second-order valence-corrected chi connectivity index (χ2v) is 2.99. The molecule has 5 heteroatoms. The molecule has 68 valence electrons. The Morgan fingerprint density at radius 2 is 1.91 bits per heavy atom. The van der Waals surface area contributed by atoms with Crippen LogP contribution in [0.2, 0.25) is 0 Å². The van der Waals surface area contributed by atoms with Crippen molar-refractivity contribution in [3.8, 4) is 0 Å². The summed E-state index contributed by atoms with van der Waals surface area (Å²) in [5, 5.41) is 0. The highest BCUT2D eigenvalue weighted by Gasteiger charge is 1.88. The lowest BCUT2D eigenvalue weighted by molar-refractivity contribution is 0.452. The van der Waals surface area contributed by atoms with E-state index in [0.29, 0.717) is 13.0 Å². The Labute approximate surface area is 68.8 Å². The summed E-state index contributed by atoms with van der Waals surface area (Å²) in [4.78, 5) is 0. The van der Waals surface area contributed by atoms with E-state index >= 15 is 0 Å². The van der Waals surface area contributed by atoms with Crippen LogP contribution < -0.4 is 4.72 Å².